The van der Waals surface area contributed by atoms with Crippen LogP contribution in [-0.2, 0) is 14.3 Å². The van der Waals surface area contributed by atoms with Gasteiger partial charge < -0.3 is 10.1 Å². The maximum atomic E-state index is 11.5. The van der Waals surface area contributed by atoms with Gasteiger partial charge in [0.2, 0.25) is 5.91 Å². The maximum Gasteiger partial charge on any atom is 0.307 e. The van der Waals surface area contributed by atoms with E-state index in [0.717, 1.165) is 4.90 Å². The molecule has 0 unspecified atom stereocenters. The monoisotopic (exact) mass is 315 g/mol. The molecule has 0 aliphatic carbocycles. The summed E-state index contributed by atoms with van der Waals surface area (Å²) in [5, 5.41) is 3.38. The van der Waals surface area contributed by atoms with Gasteiger partial charge in [0.05, 0.1) is 18.1 Å². The fourth-order valence-corrected chi connectivity index (χ4v) is 2.63. The van der Waals surface area contributed by atoms with Gasteiger partial charge in [-0.25, -0.2) is 0 Å². The van der Waals surface area contributed by atoms with Crippen LogP contribution in [0.15, 0.2) is 29.2 Å². The summed E-state index contributed by atoms with van der Waals surface area (Å²) >= 11 is 7.55. The van der Waals surface area contributed by atoms with Gasteiger partial charge in [-0.2, -0.15) is 0 Å². The number of halogens is 1. The van der Waals surface area contributed by atoms with Crippen molar-refractivity contribution in [1.29, 1.82) is 0 Å². The van der Waals surface area contributed by atoms with Gasteiger partial charge in [-0.05, 0) is 19.1 Å². The largest absolute Gasteiger partial charge is 0.466 e. The van der Waals surface area contributed by atoms with Crippen molar-refractivity contribution >= 4 is 35.2 Å². The Labute approximate surface area is 128 Å². The Morgan fingerprint density at radius 2 is 2.05 bits per heavy atom. The van der Waals surface area contributed by atoms with E-state index in [-0.39, 0.29) is 18.3 Å². The van der Waals surface area contributed by atoms with E-state index in [9.17, 15) is 9.59 Å². The molecule has 20 heavy (non-hydrogen) atoms. The lowest BCUT2D eigenvalue weighted by atomic mass is 10.4. The van der Waals surface area contributed by atoms with Crippen LogP contribution in [0.25, 0.3) is 0 Å². The number of esters is 1. The lowest BCUT2D eigenvalue weighted by molar-refractivity contribution is -0.143. The van der Waals surface area contributed by atoms with Crippen molar-refractivity contribution in [3.63, 3.8) is 0 Å². The third-order valence-corrected chi connectivity index (χ3v) is 3.90. The number of hydrogen-bond donors (Lipinski definition) is 1. The Kier molecular flexibility index (Phi) is 8.14. The molecule has 0 aromatic heterocycles. The molecule has 0 aliphatic rings. The molecule has 110 valence electrons. The van der Waals surface area contributed by atoms with E-state index in [1.165, 1.54) is 11.8 Å². The number of benzene rings is 1. The van der Waals surface area contributed by atoms with Gasteiger partial charge in [0.1, 0.15) is 0 Å². The molecule has 6 heteroatoms. The molecule has 0 spiro atoms. The molecule has 0 heterocycles. The second-order valence-electron chi connectivity index (χ2n) is 3.93. The van der Waals surface area contributed by atoms with Gasteiger partial charge in [0.15, 0.2) is 0 Å². The molecular formula is C14H18ClNO3S. The normalized spacial score (nSPS) is 10.1. The first-order valence-electron chi connectivity index (χ1n) is 6.43. The summed E-state index contributed by atoms with van der Waals surface area (Å²) in [6.45, 7) is 2.43. The van der Waals surface area contributed by atoms with Crippen molar-refractivity contribution in [2.75, 3.05) is 18.9 Å². The zero-order valence-electron chi connectivity index (χ0n) is 11.4. The summed E-state index contributed by atoms with van der Waals surface area (Å²) in [4.78, 5) is 23.6. The van der Waals surface area contributed by atoms with Gasteiger partial charge in [0.25, 0.3) is 0 Å². The van der Waals surface area contributed by atoms with Crippen LogP contribution >= 0.6 is 23.4 Å². The van der Waals surface area contributed by atoms with Crippen molar-refractivity contribution < 1.29 is 14.3 Å². The fraction of sp³-hybridized carbons (Fsp3) is 0.429. The molecule has 0 fully saturated rings. The Morgan fingerprint density at radius 1 is 1.30 bits per heavy atom. The topological polar surface area (TPSA) is 55.4 Å². The minimum absolute atomic E-state index is 0.0751. The van der Waals surface area contributed by atoms with Gasteiger partial charge in [-0.3, -0.25) is 9.59 Å². The third kappa shape index (κ3) is 6.82. The second kappa shape index (κ2) is 9.66. The zero-order valence-corrected chi connectivity index (χ0v) is 12.9. The first-order chi connectivity index (χ1) is 9.63. The number of amides is 1. The van der Waals surface area contributed by atoms with Crippen molar-refractivity contribution in [1.82, 2.24) is 5.32 Å². The predicted molar refractivity (Wildman–Crippen MR) is 81.1 cm³/mol. The number of nitrogens with one attached hydrogen (secondary N) is 1. The highest BCUT2D eigenvalue weighted by Crippen LogP contribution is 2.26. The molecule has 0 aliphatic heterocycles. The summed E-state index contributed by atoms with van der Waals surface area (Å²) in [6, 6.07) is 7.52. The Hall–Kier alpha value is -1.20. The molecule has 0 saturated carbocycles. The molecule has 0 radical (unpaired) electrons. The maximum absolute atomic E-state index is 11.5. The summed E-state index contributed by atoms with van der Waals surface area (Å²) in [5.41, 5.74) is 0. The van der Waals surface area contributed by atoms with Crippen LogP contribution in [0, 0.1) is 0 Å². The quantitative estimate of drug-likeness (QED) is 0.592. The zero-order chi connectivity index (χ0) is 14.8. The molecule has 1 aromatic carbocycles. The highest BCUT2D eigenvalue weighted by Gasteiger charge is 2.06. The van der Waals surface area contributed by atoms with Crippen LogP contribution in [-0.4, -0.2) is 30.8 Å². The molecule has 0 bridgehead atoms. The van der Waals surface area contributed by atoms with Crippen LogP contribution in [0.2, 0.25) is 5.02 Å². The molecule has 4 nitrogen and oxygen atoms in total. The van der Waals surface area contributed by atoms with Crippen molar-refractivity contribution in [3.8, 4) is 0 Å². The second-order valence-corrected chi connectivity index (χ2v) is 5.48. The van der Waals surface area contributed by atoms with E-state index in [2.05, 4.69) is 5.32 Å². The van der Waals surface area contributed by atoms with Gasteiger partial charge in [0, 0.05) is 23.6 Å². The van der Waals surface area contributed by atoms with Crippen molar-refractivity contribution in [3.05, 3.63) is 29.3 Å². The van der Waals surface area contributed by atoms with E-state index >= 15 is 0 Å². The van der Waals surface area contributed by atoms with Crippen LogP contribution in [0.1, 0.15) is 19.8 Å². The summed E-state index contributed by atoms with van der Waals surface area (Å²) < 4.78 is 4.77. The first-order valence-corrected chi connectivity index (χ1v) is 7.79. The molecular weight excluding hydrogens is 298 g/mol. The van der Waals surface area contributed by atoms with Crippen LogP contribution in [0.5, 0.6) is 0 Å². The number of ether oxygens (including phenoxy) is 1. The lowest BCUT2D eigenvalue weighted by Gasteiger charge is -2.06. The molecule has 1 aromatic rings. The van der Waals surface area contributed by atoms with E-state index in [0.29, 0.717) is 30.3 Å². The van der Waals surface area contributed by atoms with Crippen molar-refractivity contribution in [2.24, 2.45) is 0 Å². The minimum atomic E-state index is -0.293. The Balaban J connectivity index is 2.14. The lowest BCUT2D eigenvalue weighted by Crippen LogP contribution is -2.26. The first kappa shape index (κ1) is 16.9. The average Bonchev–Trinajstić information content (AvgIpc) is 2.41. The molecule has 0 atom stereocenters. The molecule has 1 amide bonds. The minimum Gasteiger partial charge on any atom is -0.466 e. The molecule has 1 N–H and O–H groups in total. The van der Waals surface area contributed by atoms with Crippen molar-refractivity contribution in [2.45, 2.75) is 24.7 Å². The fourth-order valence-electron chi connectivity index (χ4n) is 1.44. The van der Waals surface area contributed by atoms with E-state index in [4.69, 9.17) is 16.3 Å². The highest BCUT2D eigenvalue weighted by atomic mass is 35.5. The van der Waals surface area contributed by atoms with Gasteiger partial charge in [-0.1, -0.05) is 23.7 Å². The Bertz CT molecular complexity index is 454. The smallest absolute Gasteiger partial charge is 0.307 e. The summed E-state index contributed by atoms with van der Waals surface area (Å²) in [6.07, 6.45) is 0.593. The van der Waals surface area contributed by atoms with E-state index in [1.54, 1.807) is 6.92 Å². The van der Waals surface area contributed by atoms with E-state index in [1.807, 2.05) is 24.3 Å². The summed E-state index contributed by atoms with van der Waals surface area (Å²) in [5.74, 6) is 0.279. The Morgan fingerprint density at radius 3 is 2.75 bits per heavy atom. The number of carbonyl (C=O) groups is 2. The number of hydrogen-bond acceptors (Lipinski definition) is 4. The van der Waals surface area contributed by atoms with Gasteiger partial charge >= 0.3 is 5.97 Å². The number of rotatable bonds is 8. The van der Waals surface area contributed by atoms with Crippen LogP contribution in [0.3, 0.4) is 0 Å². The third-order valence-electron chi connectivity index (χ3n) is 2.38. The van der Waals surface area contributed by atoms with Crippen LogP contribution in [0.4, 0.5) is 0 Å². The van der Waals surface area contributed by atoms with Gasteiger partial charge in [-0.15, -0.1) is 11.8 Å². The summed E-state index contributed by atoms with van der Waals surface area (Å²) in [7, 11) is 0. The predicted octanol–water partition coefficient (Wildman–Crippen LogP) is 2.89. The standard InChI is InChI=1S/C14H18ClNO3S/c1-2-19-14(18)7-9-16-13(17)8-10-20-12-6-4-3-5-11(12)15/h3-6H,2,7-10H2,1H3,(H,16,17). The number of thioether (sulfide) groups is 1. The highest BCUT2D eigenvalue weighted by molar-refractivity contribution is 7.99. The molecule has 1 rings (SSSR count). The SMILES string of the molecule is CCOC(=O)CCNC(=O)CCSc1ccccc1Cl. The van der Waals surface area contributed by atoms with Crippen LogP contribution < -0.4 is 5.32 Å². The van der Waals surface area contributed by atoms with E-state index < -0.39 is 0 Å². The molecule has 0 saturated heterocycles. The number of carbonyl (C=O) groups excluding carboxylic acids is 2. The average molecular weight is 316 g/mol.